The van der Waals surface area contributed by atoms with E-state index in [0.29, 0.717) is 6.42 Å². The molecule has 2 nitrogen and oxygen atoms in total. The van der Waals surface area contributed by atoms with Gasteiger partial charge in [-0.25, -0.2) is 0 Å². The summed E-state index contributed by atoms with van der Waals surface area (Å²) in [4.78, 5) is 10.4. The molecule has 1 heterocycles. The number of hydrogen-bond donors (Lipinski definition) is 0. The number of halogens is 1. The summed E-state index contributed by atoms with van der Waals surface area (Å²) in [6, 6.07) is 0. The lowest BCUT2D eigenvalue weighted by Gasteiger charge is -2.09. The monoisotopic (exact) mass is 202 g/mol. The SMILES string of the molecule is C#CC(Br)C1CCC(=O)O1. The molecule has 1 saturated heterocycles. The van der Waals surface area contributed by atoms with Gasteiger partial charge in [-0.1, -0.05) is 21.9 Å². The fourth-order valence-electron chi connectivity index (χ4n) is 0.860. The summed E-state index contributed by atoms with van der Waals surface area (Å²) in [5.74, 6) is 2.32. The molecule has 0 aliphatic carbocycles. The van der Waals surface area contributed by atoms with E-state index < -0.39 is 0 Å². The van der Waals surface area contributed by atoms with Crippen molar-refractivity contribution in [2.75, 3.05) is 0 Å². The molecule has 0 bridgehead atoms. The zero-order valence-corrected chi connectivity index (χ0v) is 6.93. The van der Waals surface area contributed by atoms with Crippen LogP contribution < -0.4 is 0 Å². The minimum Gasteiger partial charge on any atom is -0.460 e. The molecule has 0 aromatic carbocycles. The van der Waals surface area contributed by atoms with Gasteiger partial charge in [-0.2, -0.15) is 0 Å². The highest BCUT2D eigenvalue weighted by molar-refractivity contribution is 9.09. The molecule has 2 unspecified atom stereocenters. The second kappa shape index (κ2) is 3.07. The first kappa shape index (κ1) is 7.62. The van der Waals surface area contributed by atoms with Crippen molar-refractivity contribution < 1.29 is 9.53 Å². The normalized spacial score (nSPS) is 27.2. The van der Waals surface area contributed by atoms with E-state index in [0.717, 1.165) is 6.42 Å². The predicted octanol–water partition coefficient (Wildman–Crippen LogP) is 1.09. The van der Waals surface area contributed by atoms with Gasteiger partial charge in [0.2, 0.25) is 0 Å². The Hall–Kier alpha value is -0.490. The van der Waals surface area contributed by atoms with Crippen LogP contribution in [0.3, 0.4) is 0 Å². The summed E-state index contributed by atoms with van der Waals surface area (Å²) < 4.78 is 4.89. The van der Waals surface area contributed by atoms with Gasteiger partial charge in [0.1, 0.15) is 10.9 Å². The number of rotatable bonds is 1. The van der Waals surface area contributed by atoms with Gasteiger partial charge in [0, 0.05) is 6.42 Å². The molecule has 10 heavy (non-hydrogen) atoms. The molecule has 0 saturated carbocycles. The fraction of sp³-hybridized carbons (Fsp3) is 0.571. The maximum absolute atomic E-state index is 10.6. The number of esters is 1. The Morgan fingerprint density at radius 1 is 1.90 bits per heavy atom. The van der Waals surface area contributed by atoms with Crippen LogP contribution >= 0.6 is 15.9 Å². The van der Waals surface area contributed by atoms with E-state index in [1.165, 1.54) is 0 Å². The average Bonchev–Trinajstić information content (AvgIpc) is 2.34. The molecule has 54 valence electrons. The van der Waals surface area contributed by atoms with Crippen molar-refractivity contribution in [1.29, 1.82) is 0 Å². The molecule has 3 heteroatoms. The predicted molar refractivity (Wildman–Crippen MR) is 40.7 cm³/mol. The fourth-order valence-corrected chi connectivity index (χ4v) is 1.23. The maximum Gasteiger partial charge on any atom is 0.306 e. The van der Waals surface area contributed by atoms with Crippen molar-refractivity contribution in [3.63, 3.8) is 0 Å². The molecular weight excluding hydrogens is 196 g/mol. The summed E-state index contributed by atoms with van der Waals surface area (Å²) >= 11 is 3.22. The summed E-state index contributed by atoms with van der Waals surface area (Å²) in [6.07, 6.45) is 6.23. The van der Waals surface area contributed by atoms with Crippen LogP contribution in [0.2, 0.25) is 0 Å². The van der Waals surface area contributed by atoms with E-state index in [4.69, 9.17) is 11.2 Å². The van der Waals surface area contributed by atoms with Gasteiger partial charge in [0.05, 0.1) is 0 Å². The summed E-state index contributed by atoms with van der Waals surface area (Å²) in [5.41, 5.74) is 0. The first-order chi connectivity index (χ1) is 4.74. The highest BCUT2D eigenvalue weighted by Crippen LogP contribution is 2.20. The van der Waals surface area contributed by atoms with Gasteiger partial charge >= 0.3 is 5.97 Å². The number of alkyl halides is 1. The molecule has 1 rings (SSSR count). The van der Waals surface area contributed by atoms with E-state index >= 15 is 0 Å². The van der Waals surface area contributed by atoms with Crippen molar-refractivity contribution in [1.82, 2.24) is 0 Å². The van der Waals surface area contributed by atoms with Gasteiger partial charge in [0.15, 0.2) is 0 Å². The van der Waals surface area contributed by atoms with Crippen molar-refractivity contribution in [2.45, 2.75) is 23.8 Å². The van der Waals surface area contributed by atoms with Crippen LogP contribution in [0.5, 0.6) is 0 Å². The van der Waals surface area contributed by atoms with E-state index in [-0.39, 0.29) is 16.9 Å². The third-order valence-electron chi connectivity index (χ3n) is 1.40. The molecule has 1 fully saturated rings. The lowest BCUT2D eigenvalue weighted by atomic mass is 10.2. The van der Waals surface area contributed by atoms with Gasteiger partial charge in [-0.15, -0.1) is 6.42 Å². The minimum atomic E-state index is -0.148. The lowest BCUT2D eigenvalue weighted by molar-refractivity contribution is -0.141. The Kier molecular flexibility index (Phi) is 2.34. The number of carbonyl (C=O) groups is 1. The van der Waals surface area contributed by atoms with Crippen LogP contribution in [0.1, 0.15) is 12.8 Å². The standard InChI is InChI=1S/C7H7BrO2/c1-2-5(8)6-3-4-7(9)10-6/h1,5-6H,3-4H2. The van der Waals surface area contributed by atoms with E-state index in [1.54, 1.807) is 0 Å². The number of terminal acetylenes is 1. The summed E-state index contributed by atoms with van der Waals surface area (Å²) in [5, 5.41) is 0. The molecule has 0 spiro atoms. The molecule has 0 N–H and O–H groups in total. The van der Waals surface area contributed by atoms with Crippen molar-refractivity contribution in [3.8, 4) is 12.3 Å². The molecule has 0 aromatic heterocycles. The Labute approximate surface area is 68.1 Å². The average molecular weight is 203 g/mol. The van der Waals surface area contributed by atoms with Crippen LogP contribution in [0.25, 0.3) is 0 Å². The second-order valence-corrected chi connectivity index (χ2v) is 3.12. The number of carbonyl (C=O) groups excluding carboxylic acids is 1. The second-order valence-electron chi connectivity index (χ2n) is 2.14. The molecule has 1 aliphatic heterocycles. The molecule has 1 aliphatic rings. The van der Waals surface area contributed by atoms with Crippen molar-refractivity contribution >= 4 is 21.9 Å². The number of cyclic esters (lactones) is 1. The zero-order chi connectivity index (χ0) is 7.56. The van der Waals surface area contributed by atoms with Gasteiger partial charge in [0.25, 0.3) is 0 Å². The van der Waals surface area contributed by atoms with E-state index in [1.807, 2.05) is 0 Å². The molecule has 0 amide bonds. The first-order valence-corrected chi connectivity index (χ1v) is 3.95. The van der Waals surface area contributed by atoms with Crippen LogP contribution in [-0.2, 0) is 9.53 Å². The van der Waals surface area contributed by atoms with Gasteiger partial charge < -0.3 is 4.74 Å². The summed E-state index contributed by atoms with van der Waals surface area (Å²) in [7, 11) is 0. The first-order valence-electron chi connectivity index (χ1n) is 3.03. The van der Waals surface area contributed by atoms with Gasteiger partial charge in [-0.05, 0) is 6.42 Å². The molecule has 0 aromatic rings. The maximum atomic E-state index is 10.6. The van der Waals surface area contributed by atoms with Crippen molar-refractivity contribution in [3.05, 3.63) is 0 Å². The highest BCUT2D eigenvalue weighted by Gasteiger charge is 2.27. The van der Waals surface area contributed by atoms with Crippen molar-refractivity contribution in [2.24, 2.45) is 0 Å². The largest absolute Gasteiger partial charge is 0.460 e. The lowest BCUT2D eigenvalue weighted by Crippen LogP contribution is -2.17. The Balaban J connectivity index is 2.46. The molecule has 0 radical (unpaired) electrons. The van der Waals surface area contributed by atoms with Gasteiger partial charge in [-0.3, -0.25) is 4.79 Å². The third kappa shape index (κ3) is 1.51. The minimum absolute atomic E-state index is 0.113. The van der Waals surface area contributed by atoms with Crippen LogP contribution in [-0.4, -0.2) is 16.9 Å². The smallest absolute Gasteiger partial charge is 0.306 e. The van der Waals surface area contributed by atoms with E-state index in [9.17, 15) is 4.79 Å². The van der Waals surface area contributed by atoms with Crippen LogP contribution in [0, 0.1) is 12.3 Å². The Morgan fingerprint density at radius 2 is 2.60 bits per heavy atom. The molecule has 2 atom stereocenters. The van der Waals surface area contributed by atoms with Crippen LogP contribution in [0.15, 0.2) is 0 Å². The highest BCUT2D eigenvalue weighted by atomic mass is 79.9. The topological polar surface area (TPSA) is 26.3 Å². The van der Waals surface area contributed by atoms with Crippen LogP contribution in [0.4, 0.5) is 0 Å². The quantitative estimate of drug-likeness (QED) is 0.362. The summed E-state index contributed by atoms with van der Waals surface area (Å²) in [6.45, 7) is 0. The Bertz CT molecular complexity index is 183. The molecular formula is C7H7BrO2. The third-order valence-corrected chi connectivity index (χ3v) is 2.26. The zero-order valence-electron chi connectivity index (χ0n) is 5.34. The number of ether oxygens (including phenoxy) is 1. The Morgan fingerprint density at radius 3 is 3.00 bits per heavy atom. The van der Waals surface area contributed by atoms with E-state index in [2.05, 4.69) is 21.9 Å². The number of hydrogen-bond acceptors (Lipinski definition) is 2.